The van der Waals surface area contributed by atoms with E-state index >= 15 is 0 Å². The highest BCUT2D eigenvalue weighted by atomic mass is 16.3. The van der Waals surface area contributed by atoms with Gasteiger partial charge in [0.25, 0.3) is 0 Å². The van der Waals surface area contributed by atoms with Gasteiger partial charge in [-0.2, -0.15) is 0 Å². The molecule has 112 valence electrons. The van der Waals surface area contributed by atoms with Gasteiger partial charge in [-0.25, -0.2) is 0 Å². The second-order valence-corrected chi connectivity index (χ2v) is 7.05. The summed E-state index contributed by atoms with van der Waals surface area (Å²) in [6.45, 7) is 6.04. The van der Waals surface area contributed by atoms with Gasteiger partial charge in [0.05, 0.1) is 5.60 Å². The Labute approximate surface area is 123 Å². The zero-order chi connectivity index (χ0) is 14.6. The first-order valence-electron chi connectivity index (χ1n) is 7.97. The molecule has 1 saturated carbocycles. The average molecular weight is 275 g/mol. The van der Waals surface area contributed by atoms with Crippen LogP contribution >= 0.6 is 0 Å². The fourth-order valence-electron chi connectivity index (χ4n) is 3.08. The van der Waals surface area contributed by atoms with E-state index in [-0.39, 0.29) is 0 Å². The van der Waals surface area contributed by atoms with Crippen LogP contribution in [0.5, 0.6) is 0 Å². The van der Waals surface area contributed by atoms with Crippen molar-refractivity contribution in [2.24, 2.45) is 0 Å². The van der Waals surface area contributed by atoms with Crippen LogP contribution in [0.3, 0.4) is 0 Å². The molecule has 0 saturated heterocycles. The Morgan fingerprint density at radius 1 is 1.25 bits per heavy atom. The lowest BCUT2D eigenvalue weighted by molar-refractivity contribution is 0.0672. The van der Waals surface area contributed by atoms with Crippen LogP contribution in [-0.2, 0) is 0 Å². The van der Waals surface area contributed by atoms with E-state index in [1.54, 1.807) is 0 Å². The Balaban J connectivity index is 1.62. The number of nitrogens with one attached hydrogen (secondary N) is 1. The average Bonchev–Trinajstić information content (AvgIpc) is 2.32. The van der Waals surface area contributed by atoms with Crippen molar-refractivity contribution < 1.29 is 5.11 Å². The van der Waals surface area contributed by atoms with Gasteiger partial charge in [0.2, 0.25) is 0 Å². The number of aliphatic hydroxyl groups is 1. The van der Waals surface area contributed by atoms with Crippen LogP contribution in [0, 0.1) is 0 Å². The third-order valence-corrected chi connectivity index (χ3v) is 4.35. The highest BCUT2D eigenvalue weighted by Gasteiger charge is 2.30. The van der Waals surface area contributed by atoms with Gasteiger partial charge in [-0.05, 0) is 64.4 Å². The van der Waals surface area contributed by atoms with Crippen LogP contribution in [0.4, 0.5) is 0 Å². The Morgan fingerprint density at radius 3 is 2.50 bits per heavy atom. The number of hydrogen-bond acceptors (Lipinski definition) is 2. The van der Waals surface area contributed by atoms with E-state index in [0.29, 0.717) is 12.1 Å². The number of hydrogen-bond donors (Lipinski definition) is 2. The molecular weight excluding hydrogens is 246 g/mol. The molecule has 1 aromatic rings. The minimum Gasteiger partial charge on any atom is -0.390 e. The first-order chi connectivity index (χ1) is 9.44. The topological polar surface area (TPSA) is 32.3 Å². The Hall–Kier alpha value is -0.860. The van der Waals surface area contributed by atoms with Crippen LogP contribution in [0.2, 0.25) is 0 Å². The highest BCUT2D eigenvalue weighted by Crippen LogP contribution is 2.37. The summed E-state index contributed by atoms with van der Waals surface area (Å²) in [6, 6.07) is 12.1. The second-order valence-electron chi connectivity index (χ2n) is 7.05. The van der Waals surface area contributed by atoms with Crippen molar-refractivity contribution in [2.75, 3.05) is 0 Å². The minimum atomic E-state index is -0.519. The molecule has 2 N–H and O–H groups in total. The van der Waals surface area contributed by atoms with Crippen LogP contribution in [0.25, 0.3) is 0 Å². The molecule has 0 bridgehead atoms. The Morgan fingerprint density at radius 2 is 1.90 bits per heavy atom. The Kier molecular flexibility index (Phi) is 5.22. The molecule has 0 aromatic heterocycles. The van der Waals surface area contributed by atoms with E-state index in [4.69, 9.17) is 0 Å². The summed E-state index contributed by atoms with van der Waals surface area (Å²) in [6.07, 6.45) is 5.65. The lowest BCUT2D eigenvalue weighted by Crippen LogP contribution is -2.44. The third-order valence-electron chi connectivity index (χ3n) is 4.35. The smallest absolute Gasteiger partial charge is 0.0591 e. The quantitative estimate of drug-likeness (QED) is 0.792. The van der Waals surface area contributed by atoms with Gasteiger partial charge in [-0.15, -0.1) is 0 Å². The van der Waals surface area contributed by atoms with Gasteiger partial charge in [-0.1, -0.05) is 30.3 Å². The lowest BCUT2D eigenvalue weighted by atomic mass is 9.75. The maximum Gasteiger partial charge on any atom is 0.0591 e. The molecule has 20 heavy (non-hydrogen) atoms. The summed E-state index contributed by atoms with van der Waals surface area (Å²) >= 11 is 0. The van der Waals surface area contributed by atoms with Gasteiger partial charge in [0.15, 0.2) is 0 Å². The fraction of sp³-hybridized carbons (Fsp3) is 0.667. The van der Waals surface area contributed by atoms with E-state index in [9.17, 15) is 5.11 Å². The van der Waals surface area contributed by atoms with Gasteiger partial charge in [0, 0.05) is 12.1 Å². The van der Waals surface area contributed by atoms with Gasteiger partial charge in [-0.3, -0.25) is 0 Å². The van der Waals surface area contributed by atoms with Crippen molar-refractivity contribution in [3.8, 4) is 0 Å². The summed E-state index contributed by atoms with van der Waals surface area (Å²) in [5.74, 6) is 0.747. The van der Waals surface area contributed by atoms with Crippen LogP contribution < -0.4 is 5.32 Å². The molecule has 1 unspecified atom stereocenters. The van der Waals surface area contributed by atoms with Crippen LogP contribution in [-0.4, -0.2) is 22.8 Å². The number of rotatable bonds is 7. The van der Waals surface area contributed by atoms with Crippen molar-refractivity contribution in [1.29, 1.82) is 0 Å². The van der Waals surface area contributed by atoms with Gasteiger partial charge >= 0.3 is 0 Å². The normalized spacial score (nSPS) is 24.2. The molecule has 2 heteroatoms. The molecule has 0 aliphatic heterocycles. The molecule has 1 fully saturated rings. The summed E-state index contributed by atoms with van der Waals surface area (Å²) in [4.78, 5) is 0. The van der Waals surface area contributed by atoms with E-state index in [1.165, 1.54) is 18.4 Å². The highest BCUT2D eigenvalue weighted by molar-refractivity contribution is 5.22. The summed E-state index contributed by atoms with van der Waals surface area (Å²) in [5, 5.41) is 13.4. The van der Waals surface area contributed by atoms with E-state index in [0.717, 1.165) is 25.2 Å². The summed E-state index contributed by atoms with van der Waals surface area (Å²) in [7, 11) is 0. The largest absolute Gasteiger partial charge is 0.390 e. The summed E-state index contributed by atoms with van der Waals surface area (Å²) in [5.41, 5.74) is 0.967. The number of benzene rings is 1. The molecule has 1 aliphatic rings. The molecule has 1 aliphatic carbocycles. The fourth-order valence-corrected chi connectivity index (χ4v) is 3.08. The van der Waals surface area contributed by atoms with Crippen molar-refractivity contribution in [3.05, 3.63) is 35.9 Å². The molecule has 0 heterocycles. The maximum atomic E-state index is 9.71. The van der Waals surface area contributed by atoms with Crippen molar-refractivity contribution >= 4 is 0 Å². The van der Waals surface area contributed by atoms with Crippen molar-refractivity contribution in [2.45, 2.75) is 76.5 Å². The van der Waals surface area contributed by atoms with Gasteiger partial charge in [0.1, 0.15) is 0 Å². The molecule has 0 amide bonds. The lowest BCUT2D eigenvalue weighted by Gasteiger charge is -2.38. The van der Waals surface area contributed by atoms with Crippen molar-refractivity contribution in [3.63, 3.8) is 0 Å². The summed E-state index contributed by atoms with van der Waals surface area (Å²) < 4.78 is 0. The van der Waals surface area contributed by atoms with Crippen molar-refractivity contribution in [1.82, 2.24) is 5.32 Å². The molecule has 2 rings (SSSR count). The minimum absolute atomic E-state index is 0.519. The first kappa shape index (κ1) is 15.5. The molecule has 0 radical (unpaired) electrons. The molecule has 0 spiro atoms. The predicted molar refractivity (Wildman–Crippen MR) is 85.0 cm³/mol. The van der Waals surface area contributed by atoms with Crippen LogP contribution in [0.1, 0.15) is 64.4 Å². The predicted octanol–water partition coefficient (Wildman–Crippen LogP) is 3.85. The third kappa shape index (κ3) is 4.92. The maximum absolute atomic E-state index is 9.71. The van der Waals surface area contributed by atoms with Crippen LogP contribution in [0.15, 0.2) is 30.3 Å². The zero-order valence-corrected chi connectivity index (χ0v) is 13.1. The Bertz CT molecular complexity index is 390. The second kappa shape index (κ2) is 6.73. The molecule has 1 aromatic carbocycles. The standard InChI is InChI=1S/C18H29NO/c1-14(8-7-11-18(2,3)20)19-17-12-16(13-17)15-9-5-4-6-10-15/h4-6,9-10,14,16-17,19-20H,7-8,11-13H2,1-3H3. The molecule has 1 atom stereocenters. The molecular formula is C18H29NO. The van der Waals surface area contributed by atoms with E-state index in [1.807, 2.05) is 13.8 Å². The van der Waals surface area contributed by atoms with Gasteiger partial charge < -0.3 is 10.4 Å². The van der Waals surface area contributed by atoms with E-state index < -0.39 is 5.60 Å². The SMILES string of the molecule is CC(CCCC(C)(C)O)NC1CC(c2ccccc2)C1. The van der Waals surface area contributed by atoms with E-state index in [2.05, 4.69) is 42.6 Å². The molecule has 2 nitrogen and oxygen atoms in total. The first-order valence-corrected chi connectivity index (χ1v) is 7.97. The zero-order valence-electron chi connectivity index (χ0n) is 13.1. The monoisotopic (exact) mass is 275 g/mol.